The molecule has 2 rings (SSSR count). The van der Waals surface area contributed by atoms with Gasteiger partial charge in [0.1, 0.15) is 11.9 Å². The minimum atomic E-state index is -4.36. The smallest absolute Gasteiger partial charge is 0.358 e. The van der Waals surface area contributed by atoms with Gasteiger partial charge in [-0.15, -0.1) is 0 Å². The van der Waals surface area contributed by atoms with Crippen LogP contribution in [0.15, 0.2) is 9.98 Å². The molecule has 0 aromatic carbocycles. The van der Waals surface area contributed by atoms with Gasteiger partial charge in [0.05, 0.1) is 0 Å². The second-order valence-corrected chi connectivity index (χ2v) is 6.79. The third-order valence-corrected chi connectivity index (χ3v) is 4.68. The highest BCUT2D eigenvalue weighted by Crippen LogP contribution is 2.22. The van der Waals surface area contributed by atoms with Crippen LogP contribution in [-0.2, 0) is 0 Å². The molecule has 0 bridgehead atoms. The van der Waals surface area contributed by atoms with Gasteiger partial charge in [-0.1, -0.05) is 0 Å². The Balaban J connectivity index is 2.11. The Kier molecular flexibility index (Phi) is 7.06. The first-order valence-corrected chi connectivity index (χ1v) is 8.86. The summed E-state index contributed by atoms with van der Waals surface area (Å²) >= 11 is 0. The van der Waals surface area contributed by atoms with Gasteiger partial charge in [-0.05, 0) is 46.8 Å². The van der Waals surface area contributed by atoms with E-state index in [1.165, 1.54) is 0 Å². The number of guanidine groups is 1. The van der Waals surface area contributed by atoms with Gasteiger partial charge in [-0.3, -0.25) is 0 Å². The van der Waals surface area contributed by atoms with Gasteiger partial charge in [0.25, 0.3) is 0 Å². The van der Waals surface area contributed by atoms with Crippen LogP contribution in [-0.4, -0.2) is 86.2 Å². The quantitative estimate of drug-likeness (QED) is 0.574. The molecule has 0 spiro atoms. The molecule has 2 aliphatic heterocycles. The average molecular weight is 362 g/mol. The number of amidine groups is 1. The van der Waals surface area contributed by atoms with E-state index in [1.807, 2.05) is 14.0 Å². The van der Waals surface area contributed by atoms with E-state index in [-0.39, 0.29) is 12.0 Å². The summed E-state index contributed by atoms with van der Waals surface area (Å²) < 4.78 is 38.8. The molecule has 2 saturated heterocycles. The van der Waals surface area contributed by atoms with Crippen molar-refractivity contribution in [2.45, 2.75) is 44.9 Å². The molecule has 2 N–H and O–H groups in total. The number of hydrogen-bond donors (Lipinski definition) is 2. The largest absolute Gasteiger partial charge is 0.410 e. The van der Waals surface area contributed by atoms with Crippen LogP contribution in [0.2, 0.25) is 0 Å². The zero-order chi connectivity index (χ0) is 18.4. The zero-order valence-corrected chi connectivity index (χ0v) is 15.2. The van der Waals surface area contributed by atoms with Crippen LogP contribution in [0.1, 0.15) is 26.7 Å². The lowest BCUT2D eigenvalue weighted by Crippen LogP contribution is -2.47. The summed E-state index contributed by atoms with van der Waals surface area (Å²) in [4.78, 5) is 12.5. The number of nitrogens with zero attached hydrogens (tertiary/aromatic N) is 4. The van der Waals surface area contributed by atoms with Crippen molar-refractivity contribution in [1.29, 1.82) is 0 Å². The molecule has 2 aliphatic rings. The number of nitrogens with one attached hydrogen (secondary N) is 2. The van der Waals surface area contributed by atoms with Gasteiger partial charge >= 0.3 is 6.18 Å². The topological polar surface area (TPSA) is 55.3 Å². The molecule has 0 aromatic heterocycles. The molecule has 25 heavy (non-hydrogen) atoms. The van der Waals surface area contributed by atoms with Crippen molar-refractivity contribution in [2.24, 2.45) is 9.98 Å². The fourth-order valence-electron chi connectivity index (χ4n) is 2.90. The van der Waals surface area contributed by atoms with Crippen LogP contribution in [0.5, 0.6) is 0 Å². The van der Waals surface area contributed by atoms with Gasteiger partial charge in [0.2, 0.25) is 5.96 Å². The van der Waals surface area contributed by atoms with Crippen LogP contribution < -0.4 is 10.6 Å². The van der Waals surface area contributed by atoms with Crippen LogP contribution in [0.25, 0.3) is 0 Å². The molecule has 6 nitrogen and oxygen atoms in total. The highest BCUT2D eigenvalue weighted by molar-refractivity contribution is 5.95. The Morgan fingerprint density at radius 1 is 1.16 bits per heavy atom. The third kappa shape index (κ3) is 6.47. The number of rotatable bonds is 2. The number of likely N-dealkylation sites (tertiary alicyclic amines) is 1. The van der Waals surface area contributed by atoms with Gasteiger partial charge in [-0.2, -0.15) is 13.2 Å². The highest BCUT2D eigenvalue weighted by Gasteiger charge is 2.36. The molecule has 0 amide bonds. The van der Waals surface area contributed by atoms with E-state index < -0.39 is 12.2 Å². The van der Waals surface area contributed by atoms with Crippen molar-refractivity contribution in [3.63, 3.8) is 0 Å². The number of alkyl halides is 3. The van der Waals surface area contributed by atoms with Gasteiger partial charge in [0, 0.05) is 32.2 Å². The van der Waals surface area contributed by atoms with Gasteiger partial charge in [-0.25, -0.2) is 9.98 Å². The Bertz CT molecular complexity index is 477. The number of piperazine rings is 1. The molecule has 9 heteroatoms. The van der Waals surface area contributed by atoms with Crippen LogP contribution in [0, 0.1) is 0 Å². The summed E-state index contributed by atoms with van der Waals surface area (Å²) in [5.74, 6) is 0.797. The zero-order valence-electron chi connectivity index (χ0n) is 15.2. The SMILES string of the molecule is C/C(=N\C(=N/C(C)C(F)(F)F)NC1CCN(C)CC1)N1CCNCC1. The Morgan fingerprint density at radius 3 is 2.32 bits per heavy atom. The first-order chi connectivity index (χ1) is 11.8. The maximum Gasteiger partial charge on any atom is 0.410 e. The lowest BCUT2D eigenvalue weighted by atomic mass is 10.1. The fourth-order valence-corrected chi connectivity index (χ4v) is 2.90. The molecular weight excluding hydrogens is 333 g/mol. The van der Waals surface area contributed by atoms with Crippen molar-refractivity contribution in [2.75, 3.05) is 46.3 Å². The number of hydrogen-bond acceptors (Lipinski definition) is 3. The van der Waals surface area contributed by atoms with E-state index in [4.69, 9.17) is 0 Å². The predicted octanol–water partition coefficient (Wildman–Crippen LogP) is 1.30. The molecule has 0 aliphatic carbocycles. The first kappa shape index (κ1) is 20.0. The predicted molar refractivity (Wildman–Crippen MR) is 94.2 cm³/mol. The Morgan fingerprint density at radius 2 is 1.76 bits per heavy atom. The molecule has 0 radical (unpaired) electrons. The highest BCUT2D eigenvalue weighted by atomic mass is 19.4. The molecule has 2 heterocycles. The molecule has 2 fully saturated rings. The third-order valence-electron chi connectivity index (χ3n) is 4.68. The maximum atomic E-state index is 12.9. The summed E-state index contributed by atoms with van der Waals surface area (Å²) in [5.41, 5.74) is 0. The second-order valence-electron chi connectivity index (χ2n) is 6.79. The van der Waals surface area contributed by atoms with E-state index in [0.29, 0.717) is 5.84 Å². The second kappa shape index (κ2) is 8.84. The minimum absolute atomic E-state index is 0.0930. The molecule has 1 unspecified atom stereocenters. The van der Waals surface area contributed by atoms with Crippen LogP contribution >= 0.6 is 0 Å². The molecular formula is C16H29F3N6. The van der Waals surface area contributed by atoms with Gasteiger partial charge in [0.15, 0.2) is 0 Å². The number of halogens is 3. The minimum Gasteiger partial charge on any atom is -0.358 e. The normalized spacial score (nSPS) is 23.7. The number of aliphatic imine (C=N–C) groups is 2. The first-order valence-electron chi connectivity index (χ1n) is 8.86. The van der Waals surface area contributed by atoms with E-state index in [0.717, 1.165) is 59.0 Å². The molecule has 1 atom stereocenters. The lowest BCUT2D eigenvalue weighted by molar-refractivity contribution is -0.142. The van der Waals surface area contributed by atoms with E-state index in [2.05, 4.69) is 30.4 Å². The van der Waals surface area contributed by atoms with Crippen molar-refractivity contribution < 1.29 is 13.2 Å². The summed E-state index contributed by atoms with van der Waals surface area (Å²) in [6, 6.07) is -1.67. The van der Waals surface area contributed by atoms with Crippen LogP contribution in [0.3, 0.4) is 0 Å². The Hall–Kier alpha value is -1.35. The fraction of sp³-hybridized carbons (Fsp3) is 0.875. The van der Waals surface area contributed by atoms with Crippen molar-refractivity contribution in [3.8, 4) is 0 Å². The maximum absolute atomic E-state index is 12.9. The Labute approximate surface area is 147 Å². The molecule has 0 aromatic rings. The van der Waals surface area contributed by atoms with Crippen molar-refractivity contribution in [1.82, 2.24) is 20.4 Å². The molecule has 0 saturated carbocycles. The summed E-state index contributed by atoms with van der Waals surface area (Å²) in [6.07, 6.45) is -2.62. The van der Waals surface area contributed by atoms with Crippen LogP contribution in [0.4, 0.5) is 13.2 Å². The monoisotopic (exact) mass is 362 g/mol. The lowest BCUT2D eigenvalue weighted by Gasteiger charge is -2.31. The van der Waals surface area contributed by atoms with Gasteiger partial charge < -0.3 is 20.4 Å². The standard InChI is InChI=1S/C16H29F3N6/c1-12(16(17,18)19)21-15(23-14-4-8-24(3)9-5-14)22-13(2)25-10-6-20-7-11-25/h12,14,20H,4-11H2,1-3H3,(H,21,23)/b22-13+. The number of piperidine rings is 1. The summed E-state index contributed by atoms with van der Waals surface area (Å²) in [6.45, 7) is 8.01. The molecule has 144 valence electrons. The summed E-state index contributed by atoms with van der Waals surface area (Å²) in [5, 5.41) is 6.39. The van der Waals surface area contributed by atoms with E-state index in [9.17, 15) is 13.2 Å². The summed E-state index contributed by atoms with van der Waals surface area (Å²) in [7, 11) is 2.05. The van der Waals surface area contributed by atoms with Crippen molar-refractivity contribution >= 4 is 11.8 Å². The van der Waals surface area contributed by atoms with E-state index in [1.54, 1.807) is 0 Å². The van der Waals surface area contributed by atoms with Crippen molar-refractivity contribution in [3.05, 3.63) is 0 Å². The van der Waals surface area contributed by atoms with E-state index >= 15 is 0 Å². The average Bonchev–Trinajstić information content (AvgIpc) is 2.56.